The van der Waals surface area contributed by atoms with Crippen molar-refractivity contribution in [3.05, 3.63) is 88.9 Å². The molecule has 0 aliphatic rings. The summed E-state index contributed by atoms with van der Waals surface area (Å²) < 4.78 is 0. The van der Waals surface area contributed by atoms with Crippen LogP contribution < -0.4 is 10.6 Å². The molecule has 0 aromatic heterocycles. The molecule has 0 saturated heterocycles. The fourth-order valence-electron chi connectivity index (χ4n) is 2.95. The molecule has 0 spiro atoms. The van der Waals surface area contributed by atoms with Crippen molar-refractivity contribution in [3.8, 4) is 11.1 Å². The Balaban J connectivity index is 1.49. The van der Waals surface area contributed by atoms with Gasteiger partial charge in [-0.1, -0.05) is 48.0 Å². The molecule has 0 fully saturated rings. The molecule has 0 unspecified atom stereocenters. The van der Waals surface area contributed by atoms with Gasteiger partial charge >= 0.3 is 0 Å². The summed E-state index contributed by atoms with van der Waals surface area (Å²) >= 11 is 7.55. The van der Waals surface area contributed by atoms with Gasteiger partial charge in [-0.2, -0.15) is 0 Å². The van der Waals surface area contributed by atoms with Crippen LogP contribution >= 0.6 is 23.4 Å². The molecular weight excluding hydrogens is 416 g/mol. The summed E-state index contributed by atoms with van der Waals surface area (Å²) in [5.74, 6) is -0.494. The third-order valence-electron chi connectivity index (χ3n) is 4.61. The second-order valence-electron chi connectivity index (χ2n) is 6.72. The number of carbonyl (C=O) groups excluding carboxylic acids is 2. The number of rotatable bonds is 8. The van der Waals surface area contributed by atoms with Gasteiger partial charge in [-0.15, -0.1) is 11.8 Å². The van der Waals surface area contributed by atoms with Gasteiger partial charge in [0.15, 0.2) is 0 Å². The molecule has 0 bridgehead atoms. The van der Waals surface area contributed by atoms with Crippen LogP contribution in [0.25, 0.3) is 11.1 Å². The highest BCUT2D eigenvalue weighted by Gasteiger charge is 2.09. The lowest BCUT2D eigenvalue weighted by atomic mass is 10.0. The van der Waals surface area contributed by atoms with Crippen molar-refractivity contribution in [1.82, 2.24) is 10.6 Å². The Hall–Kier alpha value is -2.76. The molecule has 30 heavy (non-hydrogen) atoms. The first-order chi connectivity index (χ1) is 14.5. The molecule has 0 radical (unpaired) electrons. The van der Waals surface area contributed by atoms with Crippen LogP contribution in [0.4, 0.5) is 0 Å². The van der Waals surface area contributed by atoms with Gasteiger partial charge in [0, 0.05) is 22.0 Å². The average molecular weight is 439 g/mol. The van der Waals surface area contributed by atoms with Crippen molar-refractivity contribution in [2.24, 2.45) is 0 Å². The van der Waals surface area contributed by atoms with E-state index in [-0.39, 0.29) is 18.4 Å². The van der Waals surface area contributed by atoms with Crippen molar-refractivity contribution in [2.75, 3.05) is 19.3 Å². The van der Waals surface area contributed by atoms with Gasteiger partial charge in [-0.05, 0) is 65.8 Å². The number of benzene rings is 3. The summed E-state index contributed by atoms with van der Waals surface area (Å²) in [5, 5.41) is 6.18. The second kappa shape index (κ2) is 10.9. The third kappa shape index (κ3) is 6.37. The number of thioether (sulfide) groups is 1. The molecule has 3 aromatic carbocycles. The maximum atomic E-state index is 12.5. The number of carbonyl (C=O) groups is 2. The van der Waals surface area contributed by atoms with Crippen LogP contribution in [0.3, 0.4) is 0 Å². The quantitative estimate of drug-likeness (QED) is 0.496. The molecule has 2 N–H and O–H groups in total. The van der Waals surface area contributed by atoms with E-state index >= 15 is 0 Å². The highest BCUT2D eigenvalue weighted by Crippen LogP contribution is 2.23. The predicted molar refractivity (Wildman–Crippen MR) is 124 cm³/mol. The minimum atomic E-state index is -0.273. The molecule has 0 atom stereocenters. The van der Waals surface area contributed by atoms with E-state index in [1.165, 1.54) is 4.90 Å². The lowest BCUT2D eigenvalue weighted by Crippen LogP contribution is -2.37. The van der Waals surface area contributed by atoms with E-state index in [1.807, 2.05) is 60.9 Å². The lowest BCUT2D eigenvalue weighted by Gasteiger charge is -2.09. The van der Waals surface area contributed by atoms with Crippen LogP contribution in [0.2, 0.25) is 5.02 Å². The smallest absolute Gasteiger partial charge is 0.251 e. The fourth-order valence-corrected chi connectivity index (χ4v) is 3.48. The molecule has 3 aromatic rings. The van der Waals surface area contributed by atoms with Crippen LogP contribution in [0.1, 0.15) is 15.9 Å². The Kier molecular flexibility index (Phi) is 7.94. The van der Waals surface area contributed by atoms with Crippen molar-refractivity contribution in [1.29, 1.82) is 0 Å². The molecule has 4 nitrogen and oxygen atoms in total. The lowest BCUT2D eigenvalue weighted by molar-refractivity contribution is -0.120. The Bertz CT molecular complexity index is 1000. The van der Waals surface area contributed by atoms with Crippen LogP contribution in [0.5, 0.6) is 0 Å². The van der Waals surface area contributed by atoms with Gasteiger partial charge in [0.2, 0.25) is 5.91 Å². The van der Waals surface area contributed by atoms with E-state index in [1.54, 1.807) is 17.8 Å². The van der Waals surface area contributed by atoms with E-state index in [9.17, 15) is 9.59 Å². The van der Waals surface area contributed by atoms with Crippen LogP contribution in [0.15, 0.2) is 77.7 Å². The number of halogens is 1. The maximum absolute atomic E-state index is 12.5. The minimum absolute atomic E-state index is 0.0634. The van der Waals surface area contributed by atoms with E-state index < -0.39 is 0 Å². The topological polar surface area (TPSA) is 58.2 Å². The molecule has 6 heteroatoms. The molecule has 0 saturated carbocycles. The first-order valence-corrected chi connectivity index (χ1v) is 11.2. The zero-order chi connectivity index (χ0) is 21.3. The van der Waals surface area contributed by atoms with Gasteiger partial charge in [0.05, 0.1) is 6.54 Å². The number of hydrogen-bond acceptors (Lipinski definition) is 3. The van der Waals surface area contributed by atoms with Crippen molar-refractivity contribution in [2.45, 2.75) is 11.3 Å². The molecule has 0 aliphatic heterocycles. The SMILES string of the molecule is CSc1ccc(-c2cccc(C(=O)NCC(=O)NCCc3ccc(Cl)cc3)c2)cc1. The summed E-state index contributed by atoms with van der Waals surface area (Å²) in [7, 11) is 0. The Labute approximate surface area is 186 Å². The normalized spacial score (nSPS) is 10.5. The first-order valence-electron chi connectivity index (χ1n) is 9.59. The Morgan fingerprint density at radius 1 is 0.900 bits per heavy atom. The average Bonchev–Trinajstić information content (AvgIpc) is 2.79. The summed E-state index contributed by atoms with van der Waals surface area (Å²) in [5.41, 5.74) is 3.62. The maximum Gasteiger partial charge on any atom is 0.251 e. The zero-order valence-corrected chi connectivity index (χ0v) is 18.2. The zero-order valence-electron chi connectivity index (χ0n) is 16.7. The second-order valence-corrected chi connectivity index (χ2v) is 8.03. The molecule has 3 rings (SSSR count). The van der Waals surface area contributed by atoms with E-state index in [4.69, 9.17) is 11.6 Å². The van der Waals surface area contributed by atoms with E-state index in [0.29, 0.717) is 23.6 Å². The monoisotopic (exact) mass is 438 g/mol. The molecule has 2 amide bonds. The van der Waals surface area contributed by atoms with Gasteiger partial charge in [0.1, 0.15) is 0 Å². The number of nitrogens with one attached hydrogen (secondary N) is 2. The number of amides is 2. The van der Waals surface area contributed by atoms with Gasteiger partial charge in [-0.3, -0.25) is 9.59 Å². The Morgan fingerprint density at radius 3 is 2.33 bits per heavy atom. The summed E-state index contributed by atoms with van der Waals surface area (Å²) in [6.45, 7) is 0.434. The van der Waals surface area contributed by atoms with Crippen molar-refractivity contribution < 1.29 is 9.59 Å². The summed E-state index contributed by atoms with van der Waals surface area (Å²) in [4.78, 5) is 25.7. The molecule has 0 heterocycles. The number of hydrogen-bond donors (Lipinski definition) is 2. The van der Waals surface area contributed by atoms with Gasteiger partial charge < -0.3 is 10.6 Å². The van der Waals surface area contributed by atoms with Crippen molar-refractivity contribution >= 4 is 35.2 Å². The third-order valence-corrected chi connectivity index (χ3v) is 5.60. The van der Waals surface area contributed by atoms with Gasteiger partial charge in [0.25, 0.3) is 5.91 Å². The van der Waals surface area contributed by atoms with Crippen molar-refractivity contribution in [3.63, 3.8) is 0 Å². The van der Waals surface area contributed by atoms with E-state index in [0.717, 1.165) is 16.7 Å². The minimum Gasteiger partial charge on any atom is -0.354 e. The Morgan fingerprint density at radius 2 is 1.63 bits per heavy atom. The first kappa shape index (κ1) is 21.9. The van der Waals surface area contributed by atoms with Crippen LogP contribution in [0, 0.1) is 0 Å². The van der Waals surface area contributed by atoms with Crippen LogP contribution in [-0.2, 0) is 11.2 Å². The molecular formula is C24H23ClN2O2S. The van der Waals surface area contributed by atoms with Crippen LogP contribution in [-0.4, -0.2) is 31.2 Å². The highest BCUT2D eigenvalue weighted by molar-refractivity contribution is 7.98. The molecule has 154 valence electrons. The fraction of sp³-hybridized carbons (Fsp3) is 0.167. The van der Waals surface area contributed by atoms with Gasteiger partial charge in [-0.25, -0.2) is 0 Å². The standard InChI is InChI=1S/C24H23ClN2O2S/c1-30-22-11-7-18(8-12-22)19-3-2-4-20(15-19)24(29)27-16-23(28)26-14-13-17-5-9-21(25)10-6-17/h2-12,15H,13-14,16H2,1H3,(H,26,28)(H,27,29). The summed E-state index contributed by atoms with van der Waals surface area (Å²) in [6.07, 6.45) is 2.74. The predicted octanol–water partition coefficient (Wildman–Crippen LogP) is 4.82. The summed E-state index contributed by atoms with van der Waals surface area (Å²) in [6, 6.07) is 23.1. The largest absolute Gasteiger partial charge is 0.354 e. The highest BCUT2D eigenvalue weighted by atomic mass is 35.5. The molecule has 0 aliphatic carbocycles. The van der Waals surface area contributed by atoms with E-state index in [2.05, 4.69) is 22.8 Å².